The zero-order valence-electron chi connectivity index (χ0n) is 7.38. The molecule has 0 aliphatic carbocycles. The Kier molecular flexibility index (Phi) is 2.18. The van der Waals surface area contributed by atoms with Crippen LogP contribution < -0.4 is 0 Å². The van der Waals surface area contributed by atoms with Crippen LogP contribution >= 0.6 is 15.9 Å². The summed E-state index contributed by atoms with van der Waals surface area (Å²) >= 11 is 3.44. The van der Waals surface area contributed by atoms with Crippen LogP contribution in [0, 0.1) is 6.92 Å². The van der Waals surface area contributed by atoms with Gasteiger partial charge in [0.05, 0.1) is 13.2 Å². The van der Waals surface area contributed by atoms with Crippen LogP contribution in [-0.4, -0.2) is 18.3 Å². The topological polar surface area (TPSA) is 29.5 Å². The van der Waals surface area contributed by atoms with Crippen molar-refractivity contribution in [3.63, 3.8) is 0 Å². The summed E-state index contributed by atoms with van der Waals surface area (Å²) in [5, 5.41) is 10.00. The molecule has 1 N–H and O–H groups in total. The minimum absolute atomic E-state index is 0.397. The summed E-state index contributed by atoms with van der Waals surface area (Å²) in [6, 6.07) is 5.95. The van der Waals surface area contributed by atoms with Crippen molar-refractivity contribution in [3.05, 3.63) is 33.8 Å². The Morgan fingerprint density at radius 1 is 1.46 bits per heavy atom. The second-order valence-electron chi connectivity index (χ2n) is 3.51. The fourth-order valence-corrected chi connectivity index (χ4v) is 2.31. The predicted octanol–water partition coefficient (Wildman–Crippen LogP) is 1.98. The largest absolute Gasteiger partial charge is 0.380 e. The first-order chi connectivity index (χ1) is 6.12. The third kappa shape index (κ3) is 1.52. The fraction of sp³-hybridized carbons (Fsp3) is 0.400. The van der Waals surface area contributed by atoms with Gasteiger partial charge in [-0.05, 0) is 18.6 Å². The predicted molar refractivity (Wildman–Crippen MR) is 53.6 cm³/mol. The fourth-order valence-electron chi connectivity index (χ4n) is 1.45. The molecule has 1 aromatic rings. The molecule has 3 heteroatoms. The quantitative estimate of drug-likeness (QED) is 0.817. The Hall–Kier alpha value is -0.380. The Morgan fingerprint density at radius 2 is 2.15 bits per heavy atom. The number of halogens is 1. The van der Waals surface area contributed by atoms with E-state index in [-0.39, 0.29) is 0 Å². The van der Waals surface area contributed by atoms with E-state index < -0.39 is 5.60 Å². The summed E-state index contributed by atoms with van der Waals surface area (Å²) in [5.41, 5.74) is 1.33. The van der Waals surface area contributed by atoms with Crippen molar-refractivity contribution in [1.29, 1.82) is 0 Å². The standard InChI is InChI=1S/C10H11BrO2/c1-7-2-3-8(9(11)4-7)10(12)5-13-6-10/h2-4,12H,5-6H2,1H3. The van der Waals surface area contributed by atoms with Crippen LogP contribution in [0.1, 0.15) is 11.1 Å². The lowest BCUT2D eigenvalue weighted by molar-refractivity contribution is -0.185. The van der Waals surface area contributed by atoms with Crippen molar-refractivity contribution >= 4 is 15.9 Å². The first-order valence-electron chi connectivity index (χ1n) is 4.19. The molecule has 0 amide bonds. The maximum atomic E-state index is 10.00. The Bertz CT molecular complexity index is 332. The van der Waals surface area contributed by atoms with Crippen LogP contribution in [0.2, 0.25) is 0 Å². The zero-order valence-corrected chi connectivity index (χ0v) is 8.97. The van der Waals surface area contributed by atoms with Gasteiger partial charge in [0.25, 0.3) is 0 Å². The average Bonchev–Trinajstić information content (AvgIpc) is 2.00. The number of hydrogen-bond donors (Lipinski definition) is 1. The molecular formula is C10H11BrO2. The molecule has 1 aliphatic rings. The second-order valence-corrected chi connectivity index (χ2v) is 4.36. The lowest BCUT2D eigenvalue weighted by Crippen LogP contribution is -2.46. The Morgan fingerprint density at radius 3 is 2.62 bits per heavy atom. The number of aliphatic hydroxyl groups is 1. The molecule has 2 rings (SSSR count). The summed E-state index contributed by atoms with van der Waals surface area (Å²) in [6.45, 7) is 2.82. The molecule has 70 valence electrons. The minimum atomic E-state index is -0.771. The van der Waals surface area contributed by atoms with Crippen LogP contribution in [0.25, 0.3) is 0 Å². The van der Waals surface area contributed by atoms with Gasteiger partial charge in [-0.1, -0.05) is 28.1 Å². The van der Waals surface area contributed by atoms with Crippen LogP contribution in [-0.2, 0) is 10.3 Å². The molecule has 2 nitrogen and oxygen atoms in total. The van der Waals surface area contributed by atoms with Crippen molar-refractivity contribution in [2.24, 2.45) is 0 Å². The van der Waals surface area contributed by atoms with E-state index in [1.165, 1.54) is 5.56 Å². The van der Waals surface area contributed by atoms with Crippen LogP contribution in [0.5, 0.6) is 0 Å². The molecule has 0 spiro atoms. The molecule has 1 heterocycles. The van der Waals surface area contributed by atoms with Gasteiger partial charge in [0.15, 0.2) is 0 Å². The van der Waals surface area contributed by atoms with Gasteiger partial charge in [0.1, 0.15) is 5.60 Å². The van der Waals surface area contributed by atoms with Crippen molar-refractivity contribution in [2.45, 2.75) is 12.5 Å². The first-order valence-corrected chi connectivity index (χ1v) is 4.98. The van der Waals surface area contributed by atoms with E-state index in [0.29, 0.717) is 13.2 Å². The summed E-state index contributed by atoms with van der Waals surface area (Å²) in [4.78, 5) is 0. The highest BCUT2D eigenvalue weighted by Gasteiger charge is 2.39. The number of hydrogen-bond acceptors (Lipinski definition) is 2. The smallest absolute Gasteiger partial charge is 0.137 e. The van der Waals surface area contributed by atoms with E-state index in [9.17, 15) is 5.11 Å². The number of rotatable bonds is 1. The first kappa shape index (κ1) is 9.19. The van der Waals surface area contributed by atoms with Gasteiger partial charge < -0.3 is 9.84 Å². The van der Waals surface area contributed by atoms with E-state index in [0.717, 1.165) is 10.0 Å². The number of benzene rings is 1. The second kappa shape index (κ2) is 3.08. The van der Waals surface area contributed by atoms with Crippen molar-refractivity contribution in [2.75, 3.05) is 13.2 Å². The van der Waals surface area contributed by atoms with E-state index in [1.807, 2.05) is 25.1 Å². The molecule has 1 aromatic carbocycles. The molecule has 0 aromatic heterocycles. The summed E-state index contributed by atoms with van der Waals surface area (Å²) in [5.74, 6) is 0. The third-order valence-corrected chi connectivity index (χ3v) is 2.96. The van der Waals surface area contributed by atoms with Gasteiger partial charge in [-0.25, -0.2) is 0 Å². The molecule has 0 atom stereocenters. The van der Waals surface area contributed by atoms with Crippen LogP contribution in [0.15, 0.2) is 22.7 Å². The average molecular weight is 243 g/mol. The molecule has 13 heavy (non-hydrogen) atoms. The zero-order chi connectivity index (χ0) is 9.47. The van der Waals surface area contributed by atoms with Gasteiger partial charge in [-0.3, -0.25) is 0 Å². The molecule has 0 bridgehead atoms. The maximum Gasteiger partial charge on any atom is 0.137 e. The van der Waals surface area contributed by atoms with Gasteiger partial charge in [0, 0.05) is 10.0 Å². The lowest BCUT2D eigenvalue weighted by atomic mass is 9.92. The van der Waals surface area contributed by atoms with Gasteiger partial charge in [-0.15, -0.1) is 0 Å². The molecule has 1 saturated heterocycles. The SMILES string of the molecule is Cc1ccc(C2(O)COC2)c(Br)c1. The highest BCUT2D eigenvalue weighted by atomic mass is 79.9. The van der Waals surface area contributed by atoms with E-state index in [4.69, 9.17) is 4.74 Å². The molecule has 1 aliphatic heterocycles. The summed E-state index contributed by atoms with van der Waals surface area (Å²) in [6.07, 6.45) is 0. The lowest BCUT2D eigenvalue weighted by Gasteiger charge is -2.37. The monoisotopic (exact) mass is 242 g/mol. The van der Waals surface area contributed by atoms with Crippen LogP contribution in [0.4, 0.5) is 0 Å². The van der Waals surface area contributed by atoms with Gasteiger partial charge in [0.2, 0.25) is 0 Å². The molecule has 0 radical (unpaired) electrons. The Balaban J connectivity index is 2.40. The van der Waals surface area contributed by atoms with Crippen molar-refractivity contribution in [1.82, 2.24) is 0 Å². The summed E-state index contributed by atoms with van der Waals surface area (Å²) in [7, 11) is 0. The van der Waals surface area contributed by atoms with Gasteiger partial charge in [-0.2, -0.15) is 0 Å². The third-order valence-electron chi connectivity index (χ3n) is 2.31. The minimum Gasteiger partial charge on any atom is -0.380 e. The molecular weight excluding hydrogens is 232 g/mol. The Labute approximate surface area is 85.7 Å². The molecule has 0 unspecified atom stereocenters. The van der Waals surface area contributed by atoms with E-state index >= 15 is 0 Å². The highest BCUT2D eigenvalue weighted by molar-refractivity contribution is 9.10. The van der Waals surface area contributed by atoms with E-state index in [2.05, 4.69) is 15.9 Å². The highest BCUT2D eigenvalue weighted by Crippen LogP contribution is 2.34. The maximum absolute atomic E-state index is 10.00. The normalized spacial score (nSPS) is 19.6. The van der Waals surface area contributed by atoms with Crippen molar-refractivity contribution in [3.8, 4) is 0 Å². The number of aryl methyl sites for hydroxylation is 1. The van der Waals surface area contributed by atoms with Crippen LogP contribution in [0.3, 0.4) is 0 Å². The summed E-state index contributed by atoms with van der Waals surface area (Å²) < 4.78 is 5.96. The molecule has 0 saturated carbocycles. The van der Waals surface area contributed by atoms with E-state index in [1.54, 1.807) is 0 Å². The van der Waals surface area contributed by atoms with Crippen molar-refractivity contribution < 1.29 is 9.84 Å². The van der Waals surface area contributed by atoms with Gasteiger partial charge >= 0.3 is 0 Å². The number of ether oxygens (including phenoxy) is 1. The molecule has 1 fully saturated rings.